The second-order valence-corrected chi connectivity index (χ2v) is 6.79. The summed E-state index contributed by atoms with van der Waals surface area (Å²) in [5.41, 5.74) is 2.03. The molecule has 1 aliphatic carbocycles. The molecule has 1 atom stereocenters. The van der Waals surface area contributed by atoms with E-state index in [0.29, 0.717) is 5.69 Å². The van der Waals surface area contributed by atoms with Crippen LogP contribution in [0.4, 0.5) is 5.69 Å². The van der Waals surface area contributed by atoms with Crippen molar-refractivity contribution in [1.82, 2.24) is 0 Å². The fourth-order valence-electron chi connectivity index (χ4n) is 3.63. The van der Waals surface area contributed by atoms with Gasteiger partial charge in [0.2, 0.25) is 5.91 Å². The Kier molecular flexibility index (Phi) is 4.88. The SMILES string of the molecule is CC(C(=O)O)c1ccc(NC(=O)C2(c3ccccc3)CCCC2)cc1. The van der Waals surface area contributed by atoms with Gasteiger partial charge in [0.15, 0.2) is 0 Å². The highest BCUT2D eigenvalue weighted by atomic mass is 16.4. The molecule has 2 aromatic carbocycles. The van der Waals surface area contributed by atoms with E-state index in [2.05, 4.69) is 5.32 Å². The lowest BCUT2D eigenvalue weighted by molar-refractivity contribution is -0.138. The van der Waals surface area contributed by atoms with Crippen LogP contribution in [0, 0.1) is 0 Å². The van der Waals surface area contributed by atoms with E-state index in [0.717, 1.165) is 36.8 Å². The van der Waals surface area contributed by atoms with Gasteiger partial charge in [-0.15, -0.1) is 0 Å². The Labute approximate surface area is 147 Å². The molecular formula is C21H23NO3. The first kappa shape index (κ1) is 17.2. The zero-order valence-electron chi connectivity index (χ0n) is 14.4. The summed E-state index contributed by atoms with van der Waals surface area (Å²) in [6.45, 7) is 1.65. The van der Waals surface area contributed by atoms with E-state index in [1.54, 1.807) is 31.2 Å². The molecule has 4 nitrogen and oxygen atoms in total. The fraction of sp³-hybridized carbons (Fsp3) is 0.333. The highest BCUT2D eigenvalue weighted by molar-refractivity contribution is 5.99. The molecule has 0 spiro atoms. The van der Waals surface area contributed by atoms with Crippen molar-refractivity contribution in [3.8, 4) is 0 Å². The van der Waals surface area contributed by atoms with Crippen molar-refractivity contribution < 1.29 is 14.7 Å². The first-order chi connectivity index (χ1) is 12.0. The molecule has 3 rings (SSSR count). The van der Waals surface area contributed by atoms with Crippen molar-refractivity contribution in [1.29, 1.82) is 0 Å². The molecule has 0 aliphatic heterocycles. The Morgan fingerprint density at radius 1 is 1.00 bits per heavy atom. The predicted molar refractivity (Wildman–Crippen MR) is 97.7 cm³/mol. The van der Waals surface area contributed by atoms with Gasteiger partial charge in [-0.3, -0.25) is 9.59 Å². The third-order valence-corrected chi connectivity index (χ3v) is 5.26. The van der Waals surface area contributed by atoms with Crippen LogP contribution in [0.25, 0.3) is 0 Å². The van der Waals surface area contributed by atoms with Gasteiger partial charge >= 0.3 is 5.97 Å². The first-order valence-corrected chi connectivity index (χ1v) is 8.73. The minimum absolute atomic E-state index is 0.0234. The van der Waals surface area contributed by atoms with Crippen LogP contribution in [0.15, 0.2) is 54.6 Å². The molecule has 25 heavy (non-hydrogen) atoms. The standard InChI is InChI=1S/C21H23NO3/c1-15(19(23)24)16-9-11-18(12-10-16)22-20(25)21(13-5-6-14-21)17-7-3-2-4-8-17/h2-4,7-12,15H,5-6,13-14H2,1H3,(H,22,25)(H,23,24). The van der Waals surface area contributed by atoms with E-state index in [1.165, 1.54) is 0 Å². The summed E-state index contributed by atoms with van der Waals surface area (Å²) in [6, 6.07) is 17.1. The Morgan fingerprint density at radius 2 is 1.60 bits per heavy atom. The number of rotatable bonds is 5. The van der Waals surface area contributed by atoms with Crippen LogP contribution in [0.3, 0.4) is 0 Å². The average Bonchev–Trinajstić information content (AvgIpc) is 3.13. The molecule has 0 radical (unpaired) electrons. The van der Waals surface area contributed by atoms with Crippen LogP contribution in [0.5, 0.6) is 0 Å². The Bertz CT molecular complexity index is 746. The lowest BCUT2D eigenvalue weighted by Crippen LogP contribution is -2.37. The minimum Gasteiger partial charge on any atom is -0.481 e. The Hall–Kier alpha value is -2.62. The van der Waals surface area contributed by atoms with Crippen LogP contribution in [0.2, 0.25) is 0 Å². The molecule has 1 amide bonds. The Balaban J connectivity index is 1.80. The zero-order chi connectivity index (χ0) is 17.9. The number of aliphatic carboxylic acids is 1. The average molecular weight is 337 g/mol. The molecule has 130 valence electrons. The van der Waals surface area contributed by atoms with E-state index in [9.17, 15) is 9.59 Å². The molecule has 2 N–H and O–H groups in total. The highest BCUT2D eigenvalue weighted by Gasteiger charge is 2.42. The van der Waals surface area contributed by atoms with E-state index < -0.39 is 17.3 Å². The van der Waals surface area contributed by atoms with Gasteiger partial charge in [0.05, 0.1) is 11.3 Å². The lowest BCUT2D eigenvalue weighted by atomic mass is 9.78. The maximum atomic E-state index is 13.1. The van der Waals surface area contributed by atoms with Gasteiger partial charge in [-0.05, 0) is 43.0 Å². The van der Waals surface area contributed by atoms with E-state index in [1.807, 2.05) is 30.3 Å². The fourth-order valence-corrected chi connectivity index (χ4v) is 3.63. The van der Waals surface area contributed by atoms with Crippen LogP contribution >= 0.6 is 0 Å². The Morgan fingerprint density at radius 3 is 2.16 bits per heavy atom. The zero-order valence-corrected chi connectivity index (χ0v) is 14.4. The number of benzene rings is 2. The van der Waals surface area contributed by atoms with E-state index in [-0.39, 0.29) is 5.91 Å². The summed E-state index contributed by atoms with van der Waals surface area (Å²) in [5.74, 6) is -1.39. The van der Waals surface area contributed by atoms with Crippen molar-refractivity contribution in [2.75, 3.05) is 5.32 Å². The number of carbonyl (C=O) groups is 2. The number of carboxylic acid groups (broad SMARTS) is 1. The van der Waals surface area contributed by atoms with Gasteiger partial charge in [0.1, 0.15) is 0 Å². The molecule has 4 heteroatoms. The number of amides is 1. The van der Waals surface area contributed by atoms with Gasteiger partial charge in [0, 0.05) is 5.69 Å². The van der Waals surface area contributed by atoms with Crippen molar-refractivity contribution in [3.05, 3.63) is 65.7 Å². The van der Waals surface area contributed by atoms with Crippen LogP contribution < -0.4 is 5.32 Å². The first-order valence-electron chi connectivity index (χ1n) is 8.73. The van der Waals surface area contributed by atoms with Crippen molar-refractivity contribution >= 4 is 17.6 Å². The van der Waals surface area contributed by atoms with E-state index in [4.69, 9.17) is 5.11 Å². The number of carboxylic acids is 1. The van der Waals surface area contributed by atoms with Crippen LogP contribution in [-0.2, 0) is 15.0 Å². The predicted octanol–water partition coefficient (Wildman–Crippen LogP) is 4.33. The summed E-state index contributed by atoms with van der Waals surface area (Å²) in [4.78, 5) is 24.1. The number of anilines is 1. The van der Waals surface area contributed by atoms with Gasteiger partial charge in [-0.25, -0.2) is 0 Å². The minimum atomic E-state index is -0.856. The summed E-state index contributed by atoms with van der Waals surface area (Å²) < 4.78 is 0. The molecule has 0 aromatic heterocycles. The number of hydrogen-bond acceptors (Lipinski definition) is 2. The summed E-state index contributed by atoms with van der Waals surface area (Å²) in [7, 11) is 0. The third kappa shape index (κ3) is 3.43. The highest BCUT2D eigenvalue weighted by Crippen LogP contribution is 2.42. The topological polar surface area (TPSA) is 66.4 Å². The summed E-state index contributed by atoms with van der Waals surface area (Å²) >= 11 is 0. The molecular weight excluding hydrogens is 314 g/mol. The van der Waals surface area contributed by atoms with Gasteiger partial charge in [-0.1, -0.05) is 55.3 Å². The smallest absolute Gasteiger partial charge is 0.310 e. The second-order valence-electron chi connectivity index (χ2n) is 6.79. The molecule has 0 heterocycles. The quantitative estimate of drug-likeness (QED) is 0.853. The molecule has 1 saturated carbocycles. The van der Waals surface area contributed by atoms with Gasteiger partial charge < -0.3 is 10.4 Å². The monoisotopic (exact) mass is 337 g/mol. The maximum Gasteiger partial charge on any atom is 0.310 e. The van der Waals surface area contributed by atoms with Crippen molar-refractivity contribution in [2.45, 2.75) is 43.9 Å². The molecule has 1 fully saturated rings. The lowest BCUT2D eigenvalue weighted by Gasteiger charge is -2.28. The van der Waals surface area contributed by atoms with Crippen molar-refractivity contribution in [3.63, 3.8) is 0 Å². The molecule has 1 aliphatic rings. The summed E-state index contributed by atoms with van der Waals surface area (Å²) in [6.07, 6.45) is 3.82. The maximum absolute atomic E-state index is 13.1. The number of carbonyl (C=O) groups excluding carboxylic acids is 1. The molecule has 0 saturated heterocycles. The van der Waals surface area contributed by atoms with Crippen molar-refractivity contribution in [2.24, 2.45) is 0 Å². The van der Waals surface area contributed by atoms with Crippen LogP contribution in [0.1, 0.15) is 49.7 Å². The van der Waals surface area contributed by atoms with Gasteiger partial charge in [0.25, 0.3) is 0 Å². The molecule has 1 unspecified atom stereocenters. The summed E-state index contributed by atoms with van der Waals surface area (Å²) in [5, 5.41) is 12.1. The molecule has 2 aromatic rings. The third-order valence-electron chi connectivity index (χ3n) is 5.26. The van der Waals surface area contributed by atoms with Crippen LogP contribution in [-0.4, -0.2) is 17.0 Å². The largest absolute Gasteiger partial charge is 0.481 e. The second kappa shape index (κ2) is 7.09. The van der Waals surface area contributed by atoms with E-state index >= 15 is 0 Å². The van der Waals surface area contributed by atoms with Gasteiger partial charge in [-0.2, -0.15) is 0 Å². The normalized spacial score (nSPS) is 17.0. The molecule has 0 bridgehead atoms. The number of nitrogens with one attached hydrogen (secondary N) is 1. The number of hydrogen-bond donors (Lipinski definition) is 2.